The maximum Gasteiger partial charge on any atom is 0.262 e. The molecule has 0 saturated carbocycles. The Kier molecular flexibility index (Phi) is 3.75. The largest absolute Gasteiger partial charge is 0.295 e. The molecule has 4 amide bonds. The number of nitrogens with one attached hydrogen (secondary N) is 1. The fourth-order valence-corrected chi connectivity index (χ4v) is 3.12. The van der Waals surface area contributed by atoms with E-state index in [2.05, 4.69) is 27.9 Å². The van der Waals surface area contributed by atoms with Crippen LogP contribution in [-0.2, 0) is 9.59 Å². The summed E-state index contributed by atoms with van der Waals surface area (Å²) in [7, 11) is 0. The van der Waals surface area contributed by atoms with E-state index in [4.69, 9.17) is 0 Å². The number of carbonyl (C=O) groups is 4. The first-order chi connectivity index (χ1) is 10.4. The standard InChI is InChI=1S/C15H13IN2O4/c1-7(16)8-2-3-9-10(6-8)15(22)18(14(9)21)11-4-5-12(19)17-13(11)20/h2-3,6-7,11H,4-5H2,1H3,(H,17,19,20). The summed E-state index contributed by atoms with van der Waals surface area (Å²) >= 11 is 2.23. The fraction of sp³-hybridized carbons (Fsp3) is 0.333. The van der Waals surface area contributed by atoms with Gasteiger partial charge in [-0.25, -0.2) is 0 Å². The van der Waals surface area contributed by atoms with E-state index >= 15 is 0 Å². The Morgan fingerprint density at radius 1 is 1.18 bits per heavy atom. The zero-order chi connectivity index (χ0) is 16.0. The van der Waals surface area contributed by atoms with Gasteiger partial charge in [0.15, 0.2) is 0 Å². The van der Waals surface area contributed by atoms with Gasteiger partial charge in [0, 0.05) is 10.3 Å². The van der Waals surface area contributed by atoms with Gasteiger partial charge in [-0.15, -0.1) is 0 Å². The average Bonchev–Trinajstić information content (AvgIpc) is 2.71. The molecule has 2 aliphatic rings. The maximum atomic E-state index is 12.5. The van der Waals surface area contributed by atoms with Gasteiger partial charge in [-0.1, -0.05) is 28.7 Å². The first-order valence-corrected chi connectivity index (χ1v) is 8.14. The van der Waals surface area contributed by atoms with Crippen molar-refractivity contribution in [3.8, 4) is 0 Å². The van der Waals surface area contributed by atoms with Crippen molar-refractivity contribution in [3.63, 3.8) is 0 Å². The van der Waals surface area contributed by atoms with Crippen LogP contribution in [0.3, 0.4) is 0 Å². The van der Waals surface area contributed by atoms with Crippen molar-refractivity contribution in [2.75, 3.05) is 0 Å². The molecule has 3 rings (SSSR count). The van der Waals surface area contributed by atoms with Crippen LogP contribution in [0.25, 0.3) is 0 Å². The summed E-state index contributed by atoms with van der Waals surface area (Å²) in [4.78, 5) is 49.1. The number of hydrogen-bond donors (Lipinski definition) is 1. The second-order valence-electron chi connectivity index (χ2n) is 5.37. The highest BCUT2D eigenvalue weighted by atomic mass is 127. The average molecular weight is 412 g/mol. The van der Waals surface area contributed by atoms with E-state index in [1.165, 1.54) is 0 Å². The predicted molar refractivity (Wildman–Crippen MR) is 85.5 cm³/mol. The van der Waals surface area contributed by atoms with Crippen molar-refractivity contribution in [3.05, 3.63) is 34.9 Å². The highest BCUT2D eigenvalue weighted by Crippen LogP contribution is 2.31. The predicted octanol–water partition coefficient (Wildman–Crippen LogP) is 1.58. The number of carbonyl (C=O) groups excluding carboxylic acids is 4. The molecule has 0 aliphatic carbocycles. The SMILES string of the molecule is CC(I)c1ccc2c(c1)C(=O)N(C1CCC(=O)NC1=O)C2=O. The summed E-state index contributed by atoms with van der Waals surface area (Å²) in [6.45, 7) is 1.99. The molecule has 2 atom stereocenters. The van der Waals surface area contributed by atoms with Crippen LogP contribution in [0.15, 0.2) is 18.2 Å². The Hall–Kier alpha value is -1.77. The summed E-state index contributed by atoms with van der Waals surface area (Å²) in [5.74, 6) is -1.90. The molecule has 1 N–H and O–H groups in total. The van der Waals surface area contributed by atoms with E-state index in [0.717, 1.165) is 10.5 Å². The molecule has 1 fully saturated rings. The van der Waals surface area contributed by atoms with Crippen molar-refractivity contribution < 1.29 is 19.2 Å². The van der Waals surface area contributed by atoms with Gasteiger partial charge < -0.3 is 0 Å². The topological polar surface area (TPSA) is 83.6 Å². The van der Waals surface area contributed by atoms with E-state index < -0.39 is 23.8 Å². The minimum absolute atomic E-state index is 0.125. The maximum absolute atomic E-state index is 12.5. The highest BCUT2D eigenvalue weighted by Gasteiger charge is 2.44. The van der Waals surface area contributed by atoms with Gasteiger partial charge in [0.05, 0.1) is 11.1 Å². The number of alkyl halides is 1. The molecule has 114 valence electrons. The molecule has 0 spiro atoms. The van der Waals surface area contributed by atoms with Crippen LogP contribution in [0, 0.1) is 0 Å². The summed E-state index contributed by atoms with van der Waals surface area (Å²) in [6, 6.07) is 4.24. The monoisotopic (exact) mass is 412 g/mol. The minimum atomic E-state index is -0.912. The molecule has 22 heavy (non-hydrogen) atoms. The van der Waals surface area contributed by atoms with E-state index in [9.17, 15) is 19.2 Å². The molecule has 7 heteroatoms. The number of rotatable bonds is 2. The number of benzene rings is 1. The molecule has 1 aromatic carbocycles. The van der Waals surface area contributed by atoms with Gasteiger partial charge in [-0.05, 0) is 31.0 Å². The molecular weight excluding hydrogens is 399 g/mol. The minimum Gasteiger partial charge on any atom is -0.295 e. The number of hydrogen-bond acceptors (Lipinski definition) is 4. The molecule has 2 unspecified atom stereocenters. The lowest BCUT2D eigenvalue weighted by Crippen LogP contribution is -2.54. The molecule has 0 radical (unpaired) electrons. The van der Waals surface area contributed by atoms with Crippen LogP contribution in [-0.4, -0.2) is 34.6 Å². The number of nitrogens with zero attached hydrogens (tertiary/aromatic N) is 1. The van der Waals surface area contributed by atoms with Gasteiger partial charge >= 0.3 is 0 Å². The zero-order valence-electron chi connectivity index (χ0n) is 11.8. The van der Waals surface area contributed by atoms with Gasteiger partial charge in [0.2, 0.25) is 11.8 Å². The third-order valence-corrected chi connectivity index (χ3v) is 4.64. The van der Waals surface area contributed by atoms with Gasteiger partial charge in [-0.2, -0.15) is 0 Å². The molecular formula is C15H13IN2O4. The van der Waals surface area contributed by atoms with Crippen LogP contribution in [0.2, 0.25) is 0 Å². The van der Waals surface area contributed by atoms with Crippen LogP contribution >= 0.6 is 22.6 Å². The zero-order valence-corrected chi connectivity index (χ0v) is 13.9. The number of fused-ring (bicyclic) bond motifs is 1. The molecule has 1 aromatic rings. The van der Waals surface area contributed by atoms with E-state index in [1.807, 2.05) is 13.0 Å². The number of halogens is 1. The van der Waals surface area contributed by atoms with Crippen molar-refractivity contribution in [2.24, 2.45) is 0 Å². The summed E-state index contributed by atoms with van der Waals surface area (Å²) in [5.41, 5.74) is 1.59. The molecule has 0 aromatic heterocycles. The van der Waals surface area contributed by atoms with Crippen LogP contribution in [0.4, 0.5) is 0 Å². The Labute approximate surface area is 140 Å². The number of imide groups is 2. The number of piperidine rings is 1. The van der Waals surface area contributed by atoms with Gasteiger partial charge in [0.1, 0.15) is 6.04 Å². The van der Waals surface area contributed by atoms with Gasteiger partial charge in [0.25, 0.3) is 11.8 Å². The first kappa shape index (κ1) is 15.1. The van der Waals surface area contributed by atoms with E-state index in [0.29, 0.717) is 11.1 Å². The van der Waals surface area contributed by atoms with E-state index in [1.54, 1.807) is 12.1 Å². The lowest BCUT2D eigenvalue weighted by atomic mass is 10.0. The number of amides is 4. The van der Waals surface area contributed by atoms with Crippen LogP contribution < -0.4 is 5.32 Å². The Bertz CT molecular complexity index is 713. The third kappa shape index (κ3) is 2.33. The molecule has 0 bridgehead atoms. The van der Waals surface area contributed by atoms with Crippen molar-refractivity contribution in [1.82, 2.24) is 10.2 Å². The summed E-state index contributed by atoms with van der Waals surface area (Å²) in [6.07, 6.45) is 0.297. The fourth-order valence-electron chi connectivity index (χ4n) is 2.74. The summed E-state index contributed by atoms with van der Waals surface area (Å²) in [5, 5.41) is 2.18. The highest BCUT2D eigenvalue weighted by molar-refractivity contribution is 14.1. The summed E-state index contributed by atoms with van der Waals surface area (Å²) < 4.78 is 0.204. The third-order valence-electron chi connectivity index (χ3n) is 3.92. The molecule has 1 saturated heterocycles. The van der Waals surface area contributed by atoms with Gasteiger partial charge in [-0.3, -0.25) is 29.4 Å². The van der Waals surface area contributed by atoms with Crippen LogP contribution in [0.1, 0.15) is 50.0 Å². The normalized spacial score (nSPS) is 22.6. The van der Waals surface area contributed by atoms with Crippen molar-refractivity contribution in [2.45, 2.75) is 29.7 Å². The Balaban J connectivity index is 1.96. The molecule has 6 nitrogen and oxygen atoms in total. The lowest BCUT2D eigenvalue weighted by molar-refractivity contribution is -0.136. The quantitative estimate of drug-likeness (QED) is 0.455. The van der Waals surface area contributed by atoms with Crippen molar-refractivity contribution in [1.29, 1.82) is 0 Å². The smallest absolute Gasteiger partial charge is 0.262 e. The van der Waals surface area contributed by atoms with E-state index in [-0.39, 0.29) is 22.7 Å². The molecule has 2 aliphatic heterocycles. The lowest BCUT2D eigenvalue weighted by Gasteiger charge is -2.27. The second-order valence-corrected chi connectivity index (χ2v) is 7.24. The Morgan fingerprint density at radius 2 is 1.86 bits per heavy atom. The van der Waals surface area contributed by atoms with Crippen molar-refractivity contribution >= 4 is 46.2 Å². The Morgan fingerprint density at radius 3 is 2.50 bits per heavy atom. The molecule has 2 heterocycles. The second kappa shape index (κ2) is 5.45. The van der Waals surface area contributed by atoms with Crippen LogP contribution in [0.5, 0.6) is 0 Å². The first-order valence-electron chi connectivity index (χ1n) is 6.89.